The van der Waals surface area contributed by atoms with Gasteiger partial charge in [0.1, 0.15) is 0 Å². The number of carbonyl (C=O) groups excluding carboxylic acids is 1. The number of aromatic nitrogens is 1. The van der Waals surface area contributed by atoms with E-state index in [9.17, 15) is 4.79 Å². The van der Waals surface area contributed by atoms with Crippen molar-refractivity contribution < 1.29 is 4.79 Å². The van der Waals surface area contributed by atoms with E-state index >= 15 is 0 Å². The molecule has 4 nitrogen and oxygen atoms in total. The van der Waals surface area contributed by atoms with Crippen LogP contribution >= 0.6 is 35.5 Å². The van der Waals surface area contributed by atoms with Crippen LogP contribution in [0.3, 0.4) is 0 Å². The van der Waals surface area contributed by atoms with Crippen molar-refractivity contribution in [3.8, 4) is 0 Å². The summed E-state index contributed by atoms with van der Waals surface area (Å²) in [7, 11) is 4.11. The van der Waals surface area contributed by atoms with E-state index in [1.807, 2.05) is 35.2 Å². The van der Waals surface area contributed by atoms with Crippen molar-refractivity contribution in [2.75, 3.05) is 37.8 Å². The predicted molar refractivity (Wildman–Crippen MR) is 129 cm³/mol. The fraction of sp³-hybridized carbons (Fsp3) is 0.364. The number of fused-ring (bicyclic) bond motifs is 1. The standard InChI is InChI=1S/C22H27N3OS2.ClH/c1-16-11-12-17(2)21-20(16)23-22(28-21)25(14-8-13-24(3)4)19(26)15-27-18-9-6-5-7-10-18;/h5-7,9-12H,8,13-15H2,1-4H3;1H. The summed E-state index contributed by atoms with van der Waals surface area (Å²) < 4.78 is 1.18. The van der Waals surface area contributed by atoms with Crippen molar-refractivity contribution in [3.05, 3.63) is 53.6 Å². The molecule has 0 aliphatic carbocycles. The number of carbonyl (C=O) groups is 1. The number of anilines is 1. The third-order valence-corrected chi connectivity index (χ3v) is 6.77. The van der Waals surface area contributed by atoms with E-state index in [0.29, 0.717) is 12.3 Å². The smallest absolute Gasteiger partial charge is 0.239 e. The Balaban J connectivity index is 0.00000300. The molecule has 0 radical (unpaired) electrons. The first kappa shape index (κ1) is 23.7. The number of rotatable bonds is 8. The van der Waals surface area contributed by atoms with Gasteiger partial charge in [0, 0.05) is 11.4 Å². The molecule has 3 aromatic rings. The van der Waals surface area contributed by atoms with Crippen LogP contribution in [0, 0.1) is 13.8 Å². The van der Waals surface area contributed by atoms with Crippen LogP contribution in [-0.4, -0.2) is 48.7 Å². The van der Waals surface area contributed by atoms with E-state index in [0.717, 1.165) is 34.1 Å². The van der Waals surface area contributed by atoms with Crippen LogP contribution < -0.4 is 4.90 Å². The monoisotopic (exact) mass is 449 g/mol. The van der Waals surface area contributed by atoms with Gasteiger partial charge < -0.3 is 4.90 Å². The van der Waals surface area contributed by atoms with Crippen molar-refractivity contribution in [1.29, 1.82) is 0 Å². The maximum atomic E-state index is 13.1. The average Bonchev–Trinajstić information content (AvgIpc) is 3.13. The van der Waals surface area contributed by atoms with Crippen LogP contribution in [0.2, 0.25) is 0 Å². The highest BCUT2D eigenvalue weighted by atomic mass is 35.5. The zero-order valence-corrected chi connectivity index (χ0v) is 19.8. The Kier molecular flexibility index (Phi) is 8.96. The Morgan fingerprint density at radius 2 is 1.72 bits per heavy atom. The predicted octanol–water partition coefficient (Wildman–Crippen LogP) is 5.41. The second-order valence-corrected chi connectivity index (χ2v) is 9.20. The van der Waals surface area contributed by atoms with Gasteiger partial charge in [-0.3, -0.25) is 9.69 Å². The minimum Gasteiger partial charge on any atom is -0.309 e. The molecule has 1 heterocycles. The molecule has 0 saturated heterocycles. The summed E-state index contributed by atoms with van der Waals surface area (Å²) in [6, 6.07) is 14.3. The van der Waals surface area contributed by atoms with E-state index in [2.05, 4.69) is 45.0 Å². The molecular formula is C22H28ClN3OS2. The lowest BCUT2D eigenvalue weighted by atomic mass is 10.1. The topological polar surface area (TPSA) is 36.4 Å². The minimum atomic E-state index is 0. The van der Waals surface area contributed by atoms with Crippen LogP contribution in [0.1, 0.15) is 17.5 Å². The third kappa shape index (κ3) is 6.19. The van der Waals surface area contributed by atoms with Gasteiger partial charge in [-0.15, -0.1) is 24.2 Å². The Bertz CT molecular complexity index is 905. The van der Waals surface area contributed by atoms with Crippen LogP contribution in [0.15, 0.2) is 47.4 Å². The summed E-state index contributed by atoms with van der Waals surface area (Å²) in [5, 5.41) is 0.810. The van der Waals surface area contributed by atoms with Crippen molar-refractivity contribution in [1.82, 2.24) is 9.88 Å². The fourth-order valence-electron chi connectivity index (χ4n) is 2.98. The molecule has 0 saturated carbocycles. The third-order valence-electron chi connectivity index (χ3n) is 4.56. The van der Waals surface area contributed by atoms with Gasteiger partial charge in [0.25, 0.3) is 0 Å². The lowest BCUT2D eigenvalue weighted by molar-refractivity contribution is -0.116. The van der Waals surface area contributed by atoms with Crippen molar-refractivity contribution in [3.63, 3.8) is 0 Å². The first-order chi connectivity index (χ1) is 13.5. The first-order valence-electron chi connectivity index (χ1n) is 9.45. The van der Waals surface area contributed by atoms with E-state index < -0.39 is 0 Å². The number of nitrogens with zero attached hydrogens (tertiary/aromatic N) is 3. The van der Waals surface area contributed by atoms with Crippen molar-refractivity contribution in [2.45, 2.75) is 25.2 Å². The van der Waals surface area contributed by atoms with Gasteiger partial charge in [0.2, 0.25) is 5.91 Å². The van der Waals surface area contributed by atoms with Crippen LogP contribution in [0.25, 0.3) is 10.2 Å². The second-order valence-electron chi connectivity index (χ2n) is 7.18. The molecule has 156 valence electrons. The summed E-state index contributed by atoms with van der Waals surface area (Å²) in [6.07, 6.45) is 0.919. The van der Waals surface area contributed by atoms with E-state index in [1.165, 1.54) is 10.3 Å². The molecule has 0 bridgehead atoms. The Morgan fingerprint density at radius 3 is 2.38 bits per heavy atom. The van der Waals surface area contributed by atoms with Gasteiger partial charge in [0.15, 0.2) is 5.13 Å². The SMILES string of the molecule is Cc1ccc(C)c2sc(N(CCCN(C)C)C(=O)CSc3ccccc3)nc12.Cl. The van der Waals surface area contributed by atoms with Crippen LogP contribution in [-0.2, 0) is 4.79 Å². The number of amides is 1. The zero-order chi connectivity index (χ0) is 20.1. The highest BCUT2D eigenvalue weighted by Gasteiger charge is 2.21. The number of aryl methyl sites for hydroxylation is 2. The van der Waals surface area contributed by atoms with Crippen molar-refractivity contribution >= 4 is 56.8 Å². The lowest BCUT2D eigenvalue weighted by Gasteiger charge is -2.21. The normalized spacial score (nSPS) is 10.9. The molecule has 0 unspecified atom stereocenters. The van der Waals surface area contributed by atoms with Gasteiger partial charge in [-0.05, 0) is 64.2 Å². The molecule has 0 fully saturated rings. The van der Waals surface area contributed by atoms with Crippen LogP contribution in [0.5, 0.6) is 0 Å². The quantitative estimate of drug-likeness (QED) is 0.430. The molecule has 2 aromatic carbocycles. The number of hydrogen-bond acceptors (Lipinski definition) is 5. The molecule has 0 N–H and O–H groups in total. The average molecular weight is 450 g/mol. The molecule has 0 aliphatic rings. The summed E-state index contributed by atoms with van der Waals surface area (Å²) in [5.74, 6) is 0.529. The molecule has 1 amide bonds. The largest absolute Gasteiger partial charge is 0.309 e. The maximum absolute atomic E-state index is 13.1. The summed E-state index contributed by atoms with van der Waals surface area (Å²) >= 11 is 3.21. The number of benzene rings is 2. The Morgan fingerprint density at radius 1 is 1.03 bits per heavy atom. The highest BCUT2D eigenvalue weighted by molar-refractivity contribution is 8.00. The number of thiazole rings is 1. The summed E-state index contributed by atoms with van der Waals surface area (Å²) in [4.78, 5) is 23.1. The molecule has 7 heteroatoms. The summed E-state index contributed by atoms with van der Waals surface area (Å²) in [5.41, 5.74) is 3.38. The highest BCUT2D eigenvalue weighted by Crippen LogP contribution is 2.33. The van der Waals surface area contributed by atoms with E-state index in [4.69, 9.17) is 4.98 Å². The van der Waals surface area contributed by atoms with Crippen molar-refractivity contribution in [2.24, 2.45) is 0 Å². The first-order valence-corrected chi connectivity index (χ1v) is 11.3. The number of halogens is 1. The molecule has 29 heavy (non-hydrogen) atoms. The van der Waals surface area contributed by atoms with E-state index in [-0.39, 0.29) is 18.3 Å². The molecule has 0 atom stereocenters. The van der Waals surface area contributed by atoms with Gasteiger partial charge in [-0.25, -0.2) is 4.98 Å². The lowest BCUT2D eigenvalue weighted by Crippen LogP contribution is -2.34. The van der Waals surface area contributed by atoms with Gasteiger partial charge in [0.05, 0.1) is 16.0 Å². The zero-order valence-electron chi connectivity index (χ0n) is 17.3. The molecule has 3 rings (SSSR count). The maximum Gasteiger partial charge on any atom is 0.239 e. The van der Waals surface area contributed by atoms with Gasteiger partial charge in [-0.1, -0.05) is 41.7 Å². The molecule has 0 spiro atoms. The Labute approximate surface area is 187 Å². The second kappa shape index (κ2) is 11.0. The van der Waals surface area contributed by atoms with Gasteiger partial charge in [-0.2, -0.15) is 0 Å². The minimum absolute atomic E-state index is 0. The Hall–Kier alpha value is -1.60. The number of hydrogen-bond donors (Lipinski definition) is 0. The molecule has 0 aliphatic heterocycles. The molecular weight excluding hydrogens is 422 g/mol. The summed E-state index contributed by atoms with van der Waals surface area (Å²) in [6.45, 7) is 5.81. The van der Waals surface area contributed by atoms with Crippen LogP contribution in [0.4, 0.5) is 5.13 Å². The fourth-order valence-corrected chi connectivity index (χ4v) is 4.93. The van der Waals surface area contributed by atoms with E-state index in [1.54, 1.807) is 23.1 Å². The molecule has 1 aromatic heterocycles. The van der Waals surface area contributed by atoms with Gasteiger partial charge >= 0.3 is 0 Å². The number of thioether (sulfide) groups is 1.